The molecule has 5 nitrogen and oxygen atoms in total. The second-order valence-electron chi connectivity index (χ2n) is 3.80. The number of carbonyl (C=O) groups excluding carboxylic acids is 1. The lowest BCUT2D eigenvalue weighted by molar-refractivity contribution is -0.138. The van der Waals surface area contributed by atoms with E-state index in [1.165, 1.54) is 12.5 Å². The van der Waals surface area contributed by atoms with Gasteiger partial charge in [0.1, 0.15) is 6.61 Å². The third kappa shape index (κ3) is 15.4. The van der Waals surface area contributed by atoms with Gasteiger partial charge >= 0.3 is 11.9 Å². The summed E-state index contributed by atoms with van der Waals surface area (Å²) in [6.45, 7) is 11.3. The Labute approximate surface area is 130 Å². The van der Waals surface area contributed by atoms with Crippen LogP contribution in [-0.4, -0.2) is 35.4 Å². The van der Waals surface area contributed by atoms with Gasteiger partial charge in [-0.25, -0.2) is 9.59 Å². The van der Waals surface area contributed by atoms with Crippen molar-refractivity contribution in [2.45, 2.75) is 6.92 Å². The average Bonchev–Trinajstić information content (AvgIpc) is 2.54. The first kappa shape index (κ1) is 21.6. The summed E-state index contributed by atoms with van der Waals surface area (Å²) in [4.78, 5) is 19.7. The zero-order chi connectivity index (χ0) is 17.4. The third-order valence-corrected chi connectivity index (χ3v) is 1.90. The van der Waals surface area contributed by atoms with Crippen LogP contribution in [0, 0.1) is 0 Å². The number of aliphatic hydroxyl groups excluding tert-OH is 1. The van der Waals surface area contributed by atoms with E-state index >= 15 is 0 Å². The second kappa shape index (κ2) is 14.7. The van der Waals surface area contributed by atoms with E-state index in [1.807, 2.05) is 36.4 Å². The molecule has 22 heavy (non-hydrogen) atoms. The van der Waals surface area contributed by atoms with Crippen molar-refractivity contribution in [2.75, 3.05) is 13.2 Å². The van der Waals surface area contributed by atoms with E-state index in [0.717, 1.165) is 6.08 Å². The standard InChI is InChI=1S/C8H8.C5H8O3.C4H6O2/c1-2-8-6-4-3-5-7-8;1-2-5(7)8-4-3-6;1-3(2)4(5)6/h2-7H,1H2;2,6H,1,3-4H2;1H2,2H3,(H,5,6). The Hall–Kier alpha value is -2.66. The van der Waals surface area contributed by atoms with Crippen molar-refractivity contribution in [3.05, 3.63) is 67.3 Å². The van der Waals surface area contributed by atoms with Crippen LogP contribution >= 0.6 is 0 Å². The zero-order valence-corrected chi connectivity index (χ0v) is 12.7. The monoisotopic (exact) mass is 306 g/mol. The van der Waals surface area contributed by atoms with Crippen molar-refractivity contribution >= 4 is 18.0 Å². The van der Waals surface area contributed by atoms with E-state index in [9.17, 15) is 9.59 Å². The van der Waals surface area contributed by atoms with E-state index in [-0.39, 0.29) is 18.8 Å². The van der Waals surface area contributed by atoms with Crippen LogP contribution in [0.1, 0.15) is 12.5 Å². The SMILES string of the molecule is C=C(C)C(=O)O.C=CC(=O)OCCO.C=Cc1ccccc1. The lowest BCUT2D eigenvalue weighted by Gasteiger charge is -1.94. The summed E-state index contributed by atoms with van der Waals surface area (Å²) >= 11 is 0. The molecule has 0 heterocycles. The number of carbonyl (C=O) groups is 2. The van der Waals surface area contributed by atoms with Gasteiger partial charge in [-0.05, 0) is 12.5 Å². The predicted molar refractivity (Wildman–Crippen MR) is 87.2 cm³/mol. The third-order valence-electron chi connectivity index (χ3n) is 1.90. The topological polar surface area (TPSA) is 83.8 Å². The Kier molecular flexibility index (Phi) is 14.5. The molecule has 0 unspecified atom stereocenters. The largest absolute Gasteiger partial charge is 0.478 e. The number of hydrogen-bond donors (Lipinski definition) is 2. The molecule has 0 fully saturated rings. The summed E-state index contributed by atoms with van der Waals surface area (Å²) in [6, 6.07) is 10.0. The molecule has 2 N–H and O–H groups in total. The highest BCUT2D eigenvalue weighted by atomic mass is 16.5. The molecular weight excluding hydrogens is 284 g/mol. The lowest BCUT2D eigenvalue weighted by atomic mass is 10.2. The molecule has 120 valence electrons. The maximum Gasteiger partial charge on any atom is 0.330 e. The van der Waals surface area contributed by atoms with Crippen LogP contribution in [0.25, 0.3) is 6.08 Å². The van der Waals surface area contributed by atoms with Crippen molar-refractivity contribution in [1.29, 1.82) is 0 Å². The van der Waals surface area contributed by atoms with Gasteiger partial charge in [-0.2, -0.15) is 0 Å². The van der Waals surface area contributed by atoms with Crippen LogP contribution in [0.5, 0.6) is 0 Å². The predicted octanol–water partition coefficient (Wildman–Crippen LogP) is 2.68. The highest BCUT2D eigenvalue weighted by Gasteiger charge is 1.90. The van der Waals surface area contributed by atoms with Crippen molar-refractivity contribution in [3.8, 4) is 0 Å². The number of rotatable bonds is 5. The minimum atomic E-state index is -0.935. The first-order chi connectivity index (χ1) is 10.4. The molecule has 1 aromatic carbocycles. The maximum absolute atomic E-state index is 10.1. The van der Waals surface area contributed by atoms with E-state index in [2.05, 4.69) is 24.5 Å². The normalized spacial score (nSPS) is 8.09. The number of carboxylic acids is 1. The summed E-state index contributed by atoms with van der Waals surface area (Å²) < 4.78 is 4.33. The molecular formula is C17H22O5. The van der Waals surface area contributed by atoms with Gasteiger partial charge in [0.2, 0.25) is 0 Å². The van der Waals surface area contributed by atoms with Crippen molar-refractivity contribution in [1.82, 2.24) is 0 Å². The number of aliphatic hydroxyl groups is 1. The van der Waals surface area contributed by atoms with Gasteiger partial charge in [-0.3, -0.25) is 0 Å². The van der Waals surface area contributed by atoms with Gasteiger partial charge in [0.15, 0.2) is 0 Å². The smallest absolute Gasteiger partial charge is 0.330 e. The van der Waals surface area contributed by atoms with Crippen LogP contribution in [0.3, 0.4) is 0 Å². The zero-order valence-electron chi connectivity index (χ0n) is 12.7. The van der Waals surface area contributed by atoms with Gasteiger partial charge in [-0.1, -0.05) is 56.1 Å². The van der Waals surface area contributed by atoms with Crippen molar-refractivity contribution in [3.63, 3.8) is 0 Å². The molecule has 0 atom stereocenters. The first-order valence-corrected chi connectivity index (χ1v) is 6.35. The Balaban J connectivity index is 0. The van der Waals surface area contributed by atoms with Crippen molar-refractivity contribution in [2.24, 2.45) is 0 Å². The van der Waals surface area contributed by atoms with Gasteiger partial charge in [0.05, 0.1) is 6.61 Å². The molecule has 0 amide bonds. The number of hydrogen-bond acceptors (Lipinski definition) is 4. The fourth-order valence-corrected chi connectivity index (χ4v) is 0.794. The summed E-state index contributed by atoms with van der Waals surface area (Å²) in [5.74, 6) is -1.44. The molecule has 0 saturated heterocycles. The Morgan fingerprint density at radius 2 is 1.73 bits per heavy atom. The molecule has 0 aliphatic carbocycles. The van der Waals surface area contributed by atoms with Crippen LogP contribution < -0.4 is 0 Å². The van der Waals surface area contributed by atoms with Crippen LogP contribution in [0.15, 0.2) is 61.7 Å². The number of aliphatic carboxylic acids is 1. The molecule has 0 radical (unpaired) electrons. The molecule has 0 aliphatic rings. The van der Waals surface area contributed by atoms with Gasteiger partial charge < -0.3 is 14.9 Å². The van der Waals surface area contributed by atoms with Crippen molar-refractivity contribution < 1.29 is 24.5 Å². The number of ether oxygens (including phenoxy) is 1. The lowest BCUT2D eigenvalue weighted by Crippen LogP contribution is -2.04. The molecule has 5 heteroatoms. The molecule has 0 spiro atoms. The summed E-state index contributed by atoms with van der Waals surface area (Å²) in [5.41, 5.74) is 1.35. The van der Waals surface area contributed by atoms with E-state index in [0.29, 0.717) is 0 Å². The first-order valence-electron chi connectivity index (χ1n) is 6.35. The minimum absolute atomic E-state index is 0.0465. The fraction of sp³-hybridized carbons (Fsp3) is 0.176. The second-order valence-corrected chi connectivity index (χ2v) is 3.80. The van der Waals surface area contributed by atoms with E-state index < -0.39 is 11.9 Å². The van der Waals surface area contributed by atoms with E-state index in [4.69, 9.17) is 10.2 Å². The summed E-state index contributed by atoms with van der Waals surface area (Å²) in [7, 11) is 0. The number of esters is 1. The average molecular weight is 306 g/mol. The molecule has 1 aromatic rings. The van der Waals surface area contributed by atoms with Gasteiger partial charge in [0, 0.05) is 11.6 Å². The van der Waals surface area contributed by atoms with Crippen LogP contribution in [0.2, 0.25) is 0 Å². The Morgan fingerprint density at radius 1 is 1.23 bits per heavy atom. The Bertz CT molecular complexity index is 465. The van der Waals surface area contributed by atoms with Crippen LogP contribution in [-0.2, 0) is 14.3 Å². The number of benzene rings is 1. The highest BCUT2D eigenvalue weighted by molar-refractivity contribution is 5.84. The molecule has 0 aliphatic heterocycles. The summed E-state index contributed by atoms with van der Waals surface area (Å²) in [6.07, 6.45) is 2.88. The summed E-state index contributed by atoms with van der Waals surface area (Å²) in [5, 5.41) is 16.0. The quantitative estimate of drug-likeness (QED) is 0.645. The molecule has 0 saturated carbocycles. The maximum atomic E-state index is 10.1. The minimum Gasteiger partial charge on any atom is -0.478 e. The van der Waals surface area contributed by atoms with E-state index in [1.54, 1.807) is 0 Å². The molecule has 1 rings (SSSR count). The molecule has 0 bridgehead atoms. The van der Waals surface area contributed by atoms with Gasteiger partial charge in [-0.15, -0.1) is 0 Å². The Morgan fingerprint density at radius 3 is 2.00 bits per heavy atom. The van der Waals surface area contributed by atoms with Crippen LogP contribution in [0.4, 0.5) is 0 Å². The van der Waals surface area contributed by atoms with Gasteiger partial charge in [0.25, 0.3) is 0 Å². The number of carboxylic acid groups (broad SMARTS) is 1. The fourth-order valence-electron chi connectivity index (χ4n) is 0.794. The highest BCUT2D eigenvalue weighted by Crippen LogP contribution is 1.97. The molecule has 0 aromatic heterocycles.